The molecule has 1 aromatic carbocycles. The molecule has 1 saturated carbocycles. The van der Waals surface area contributed by atoms with Crippen LogP contribution < -0.4 is 11.2 Å². The Morgan fingerprint density at radius 1 is 1.12 bits per heavy atom. The summed E-state index contributed by atoms with van der Waals surface area (Å²) in [5.41, 5.74) is 9.44. The average Bonchev–Trinajstić information content (AvgIpc) is 2.65. The fourth-order valence-electron chi connectivity index (χ4n) is 3.21. The minimum Gasteiger partial charge on any atom is -0.481 e. The summed E-state index contributed by atoms with van der Waals surface area (Å²) in [6.07, 6.45) is 2.07. The van der Waals surface area contributed by atoms with Crippen LogP contribution >= 0.6 is 0 Å². The van der Waals surface area contributed by atoms with Crippen LogP contribution in [0.3, 0.4) is 0 Å². The highest BCUT2D eigenvalue weighted by Crippen LogP contribution is 2.33. The number of hydroxylamine groups is 1. The smallest absolute Gasteiger partial charge is 0.306 e. The van der Waals surface area contributed by atoms with E-state index in [1.165, 1.54) is 0 Å². The third-order valence-corrected chi connectivity index (χ3v) is 4.69. The molecular weight excluding hydrogens is 322 g/mol. The number of carboxylic acids is 1. The number of benzene rings is 1. The van der Waals surface area contributed by atoms with Gasteiger partial charge in [0.2, 0.25) is 5.91 Å². The first-order valence-electron chi connectivity index (χ1n) is 8.22. The van der Waals surface area contributed by atoms with E-state index in [9.17, 15) is 9.59 Å². The predicted octanol–water partition coefficient (Wildman–Crippen LogP) is 2.05. The molecule has 1 aliphatic carbocycles. The van der Waals surface area contributed by atoms with Gasteiger partial charge in [0.15, 0.2) is 0 Å². The topological polar surface area (TPSA) is 136 Å². The van der Waals surface area contributed by atoms with Crippen molar-refractivity contribution in [2.24, 2.45) is 17.6 Å². The van der Waals surface area contributed by atoms with Gasteiger partial charge in [0.05, 0.1) is 18.1 Å². The molecule has 1 amide bonds. The van der Waals surface area contributed by atoms with E-state index in [0.29, 0.717) is 42.5 Å². The molecule has 0 radical (unpaired) electrons. The molecule has 0 heterocycles. The van der Waals surface area contributed by atoms with Crippen LogP contribution in [0.25, 0.3) is 0 Å². The van der Waals surface area contributed by atoms with E-state index in [4.69, 9.17) is 21.5 Å². The zero-order valence-electron chi connectivity index (χ0n) is 13.9. The van der Waals surface area contributed by atoms with Crippen molar-refractivity contribution in [1.29, 1.82) is 5.41 Å². The van der Waals surface area contributed by atoms with Gasteiger partial charge in [-0.1, -0.05) is 30.3 Å². The summed E-state index contributed by atoms with van der Waals surface area (Å²) in [4.78, 5) is 22.7. The van der Waals surface area contributed by atoms with Crippen LogP contribution in [-0.2, 0) is 9.59 Å². The van der Waals surface area contributed by atoms with Crippen molar-refractivity contribution in [2.75, 3.05) is 0 Å². The number of nitrogens with one attached hydrogen (secondary N) is 2. The average molecular weight is 345 g/mol. The van der Waals surface area contributed by atoms with Gasteiger partial charge < -0.3 is 10.8 Å². The summed E-state index contributed by atoms with van der Waals surface area (Å²) in [7, 11) is 0. The minimum absolute atomic E-state index is 0.0684. The molecule has 1 fully saturated rings. The van der Waals surface area contributed by atoms with Gasteiger partial charge in [-0.2, -0.15) is 0 Å². The Hall–Kier alpha value is -2.67. The SMILES string of the molecule is N=C(C(CC(=O)NO)=C(N)C1CCC(C(=O)O)CC1)c1ccccc1. The highest BCUT2D eigenvalue weighted by Gasteiger charge is 2.29. The Kier molecular flexibility index (Phi) is 6.30. The van der Waals surface area contributed by atoms with Crippen molar-refractivity contribution in [2.45, 2.75) is 32.1 Å². The number of aliphatic carboxylic acids is 1. The number of carboxylic acid groups (broad SMARTS) is 1. The number of allylic oxidation sites excluding steroid dienone is 1. The van der Waals surface area contributed by atoms with Gasteiger partial charge in [0.25, 0.3) is 0 Å². The molecule has 0 aliphatic heterocycles. The lowest BCUT2D eigenvalue weighted by Gasteiger charge is -2.28. The third-order valence-electron chi connectivity index (χ3n) is 4.69. The van der Waals surface area contributed by atoms with Crippen LogP contribution in [0, 0.1) is 17.2 Å². The van der Waals surface area contributed by atoms with Crippen molar-refractivity contribution in [3.63, 3.8) is 0 Å². The van der Waals surface area contributed by atoms with Gasteiger partial charge in [-0.15, -0.1) is 0 Å². The van der Waals surface area contributed by atoms with Crippen LogP contribution in [-0.4, -0.2) is 27.9 Å². The van der Waals surface area contributed by atoms with E-state index < -0.39 is 11.9 Å². The Bertz CT molecular complexity index is 677. The zero-order valence-corrected chi connectivity index (χ0v) is 13.9. The third kappa shape index (κ3) is 4.67. The molecule has 6 N–H and O–H groups in total. The lowest BCUT2D eigenvalue weighted by Crippen LogP contribution is -2.28. The summed E-state index contributed by atoms with van der Waals surface area (Å²) >= 11 is 0. The monoisotopic (exact) mass is 345 g/mol. The fraction of sp³-hybridized carbons (Fsp3) is 0.389. The lowest BCUT2D eigenvalue weighted by molar-refractivity contribution is -0.143. The molecule has 0 bridgehead atoms. The number of rotatable bonds is 6. The Balaban J connectivity index is 2.27. The molecule has 7 nitrogen and oxygen atoms in total. The predicted molar refractivity (Wildman–Crippen MR) is 92.1 cm³/mol. The van der Waals surface area contributed by atoms with Crippen molar-refractivity contribution >= 4 is 17.6 Å². The molecule has 0 aromatic heterocycles. The van der Waals surface area contributed by atoms with Crippen LogP contribution in [0.4, 0.5) is 0 Å². The summed E-state index contributed by atoms with van der Waals surface area (Å²) in [6, 6.07) is 8.93. The van der Waals surface area contributed by atoms with E-state index in [2.05, 4.69) is 0 Å². The number of hydrogen-bond donors (Lipinski definition) is 5. The fourth-order valence-corrected chi connectivity index (χ4v) is 3.21. The molecule has 25 heavy (non-hydrogen) atoms. The van der Waals surface area contributed by atoms with Gasteiger partial charge >= 0.3 is 5.97 Å². The van der Waals surface area contributed by atoms with Crippen LogP contribution in [0.15, 0.2) is 41.6 Å². The summed E-state index contributed by atoms with van der Waals surface area (Å²) in [5, 5.41) is 26.3. The van der Waals surface area contributed by atoms with Gasteiger partial charge in [-0.3, -0.25) is 20.2 Å². The summed E-state index contributed by atoms with van der Waals surface area (Å²) in [5.74, 6) is -1.86. The first-order valence-corrected chi connectivity index (χ1v) is 8.22. The van der Waals surface area contributed by atoms with E-state index in [0.717, 1.165) is 0 Å². The molecule has 134 valence electrons. The molecule has 1 aliphatic rings. The van der Waals surface area contributed by atoms with Crippen LogP contribution in [0.5, 0.6) is 0 Å². The van der Waals surface area contributed by atoms with Gasteiger partial charge in [0.1, 0.15) is 0 Å². The van der Waals surface area contributed by atoms with E-state index in [1.807, 2.05) is 6.07 Å². The van der Waals surface area contributed by atoms with E-state index in [-0.39, 0.29) is 24.0 Å². The van der Waals surface area contributed by atoms with Gasteiger partial charge in [0, 0.05) is 11.3 Å². The van der Waals surface area contributed by atoms with E-state index in [1.54, 1.807) is 29.7 Å². The Morgan fingerprint density at radius 3 is 2.20 bits per heavy atom. The van der Waals surface area contributed by atoms with Crippen molar-refractivity contribution in [1.82, 2.24) is 5.48 Å². The normalized spacial score (nSPS) is 21.2. The van der Waals surface area contributed by atoms with Crippen LogP contribution in [0.1, 0.15) is 37.7 Å². The molecule has 1 aromatic rings. The molecule has 0 unspecified atom stereocenters. The molecular formula is C18H23N3O4. The quantitative estimate of drug-likeness (QED) is 0.305. The number of amides is 1. The second-order valence-electron chi connectivity index (χ2n) is 6.27. The summed E-state index contributed by atoms with van der Waals surface area (Å²) < 4.78 is 0. The zero-order chi connectivity index (χ0) is 18.4. The highest BCUT2D eigenvalue weighted by molar-refractivity contribution is 6.13. The Morgan fingerprint density at radius 2 is 1.68 bits per heavy atom. The highest BCUT2D eigenvalue weighted by atomic mass is 16.5. The van der Waals surface area contributed by atoms with Crippen molar-refractivity contribution < 1.29 is 19.9 Å². The van der Waals surface area contributed by atoms with E-state index >= 15 is 0 Å². The number of hydrogen-bond acceptors (Lipinski definition) is 5. The standard InChI is InChI=1S/C18H23N3O4/c19-16(11-4-2-1-3-5-11)14(10-15(22)21-25)17(20)12-6-8-13(9-7-12)18(23)24/h1-5,12-13,19,25H,6-10,20H2,(H,21,22)(H,23,24). The molecule has 0 spiro atoms. The van der Waals surface area contributed by atoms with Gasteiger partial charge in [-0.05, 0) is 37.2 Å². The molecule has 2 rings (SSSR count). The molecule has 0 saturated heterocycles. The molecule has 0 atom stereocenters. The number of carbonyl (C=O) groups excluding carboxylic acids is 1. The maximum absolute atomic E-state index is 11.7. The first-order chi connectivity index (χ1) is 11.9. The largest absolute Gasteiger partial charge is 0.481 e. The minimum atomic E-state index is -0.794. The number of carbonyl (C=O) groups is 2. The van der Waals surface area contributed by atoms with Crippen molar-refractivity contribution in [3.05, 3.63) is 47.2 Å². The maximum atomic E-state index is 11.7. The summed E-state index contributed by atoms with van der Waals surface area (Å²) in [6.45, 7) is 0. The lowest BCUT2D eigenvalue weighted by atomic mass is 9.78. The van der Waals surface area contributed by atoms with Gasteiger partial charge in [-0.25, -0.2) is 5.48 Å². The second-order valence-corrected chi connectivity index (χ2v) is 6.27. The molecule has 7 heteroatoms. The Labute approximate surface area is 146 Å². The number of nitrogens with two attached hydrogens (primary N) is 1. The van der Waals surface area contributed by atoms with Crippen LogP contribution in [0.2, 0.25) is 0 Å². The maximum Gasteiger partial charge on any atom is 0.306 e. The second kappa shape index (κ2) is 8.43. The van der Waals surface area contributed by atoms with Crippen molar-refractivity contribution in [3.8, 4) is 0 Å². The first kappa shape index (κ1) is 18.7.